The summed E-state index contributed by atoms with van der Waals surface area (Å²) in [6, 6.07) is 0. The van der Waals surface area contributed by atoms with E-state index < -0.39 is 17.8 Å². The molecule has 7 heteroatoms. The van der Waals surface area contributed by atoms with E-state index in [-0.39, 0.29) is 0 Å². The van der Waals surface area contributed by atoms with Crippen LogP contribution in [0.5, 0.6) is 0 Å². The molecular weight excluding hydrogens is 290 g/mol. The molecule has 21 heavy (non-hydrogen) atoms. The van der Waals surface area contributed by atoms with Gasteiger partial charge >= 0.3 is 6.09 Å². The van der Waals surface area contributed by atoms with E-state index in [0.717, 1.165) is 9.84 Å². The molecule has 1 amide bonds. The number of aliphatic hydroxyl groups excluding tert-OH is 1. The van der Waals surface area contributed by atoms with Crippen molar-refractivity contribution in [2.24, 2.45) is 0 Å². The fourth-order valence-corrected chi connectivity index (χ4v) is 2.71. The topological polar surface area (TPSA) is 84.3 Å². The molecule has 2 rings (SSSR count). The molecule has 6 nitrogen and oxygen atoms in total. The second-order valence-electron chi connectivity index (χ2n) is 5.78. The third kappa shape index (κ3) is 3.68. The second-order valence-corrected chi connectivity index (χ2v) is 6.96. The second kappa shape index (κ2) is 5.57. The zero-order chi connectivity index (χ0) is 15.8. The van der Waals surface area contributed by atoms with E-state index in [1.165, 1.54) is 17.5 Å². The van der Waals surface area contributed by atoms with Gasteiger partial charge in [0.1, 0.15) is 15.9 Å². The third-order valence-electron chi connectivity index (χ3n) is 2.63. The number of hydrogen-bond donors (Lipinski definition) is 2. The average Bonchev–Trinajstić information content (AvgIpc) is 2.65. The average molecular weight is 309 g/mol. The fraction of sp³-hybridized carbons (Fsp3) is 0.500. The lowest BCUT2D eigenvalue weighted by Gasteiger charge is -2.20. The Morgan fingerprint density at radius 1 is 1.48 bits per heavy atom. The number of amides is 1. The largest absolute Gasteiger partial charge is 0.444 e. The van der Waals surface area contributed by atoms with E-state index in [2.05, 4.69) is 15.3 Å². The van der Waals surface area contributed by atoms with Gasteiger partial charge in [0.25, 0.3) is 0 Å². The summed E-state index contributed by atoms with van der Waals surface area (Å²) in [6.07, 6.45) is 0.158. The maximum absolute atomic E-state index is 11.9. The van der Waals surface area contributed by atoms with Crippen molar-refractivity contribution >= 4 is 33.5 Å². The number of hydrogen-bond acceptors (Lipinski definition) is 6. The monoisotopic (exact) mass is 309 g/mol. The number of nitrogens with zero attached hydrogens (tertiary/aromatic N) is 2. The predicted octanol–water partition coefficient (Wildman–Crippen LogP) is 3.40. The molecule has 1 atom stereocenters. The minimum absolute atomic E-state index is 0.414. The van der Waals surface area contributed by atoms with Crippen LogP contribution in [-0.2, 0) is 4.74 Å². The molecule has 2 aromatic rings. The summed E-state index contributed by atoms with van der Waals surface area (Å²) in [5.41, 5.74) is 0.984. The van der Waals surface area contributed by atoms with Crippen molar-refractivity contribution in [3.63, 3.8) is 0 Å². The molecule has 0 radical (unpaired) electrons. The number of aryl methyl sites for hydroxylation is 1. The molecule has 0 aromatic carbocycles. The van der Waals surface area contributed by atoms with Gasteiger partial charge in [0.2, 0.25) is 0 Å². The fourth-order valence-electron chi connectivity index (χ4n) is 1.94. The summed E-state index contributed by atoms with van der Waals surface area (Å²) in [6.45, 7) is 8.86. The van der Waals surface area contributed by atoms with Gasteiger partial charge in [0, 0.05) is 5.56 Å². The van der Waals surface area contributed by atoms with Gasteiger partial charge in [0.05, 0.1) is 23.0 Å². The number of aliphatic hydroxyl groups is 1. The highest BCUT2D eigenvalue weighted by Crippen LogP contribution is 2.32. The number of rotatable bonds is 2. The molecule has 2 N–H and O–H groups in total. The van der Waals surface area contributed by atoms with E-state index >= 15 is 0 Å². The van der Waals surface area contributed by atoms with Crippen molar-refractivity contribution < 1.29 is 14.6 Å². The van der Waals surface area contributed by atoms with Crippen LogP contribution in [0.3, 0.4) is 0 Å². The number of nitrogens with one attached hydrogen (secondary N) is 1. The Kier molecular flexibility index (Phi) is 4.15. The van der Waals surface area contributed by atoms with Gasteiger partial charge in [0.15, 0.2) is 0 Å². The highest BCUT2D eigenvalue weighted by molar-refractivity contribution is 7.18. The number of carbonyl (C=O) groups excluding carboxylic acids is 1. The van der Waals surface area contributed by atoms with Crippen LogP contribution in [0.2, 0.25) is 0 Å². The summed E-state index contributed by atoms with van der Waals surface area (Å²) >= 11 is 1.44. The molecule has 0 bridgehead atoms. The molecule has 0 aliphatic carbocycles. The van der Waals surface area contributed by atoms with Crippen LogP contribution in [0, 0.1) is 6.92 Å². The standard InChI is InChI=1S/C14H19N3O3S/c1-7(18)10-9(17-13(19)20-14(3,4)5)6-15-12-11(10)16-8(2)21-12/h6-7,18H,1-5H3,(H,17,19). The van der Waals surface area contributed by atoms with Gasteiger partial charge in [-0.05, 0) is 34.6 Å². The lowest BCUT2D eigenvalue weighted by Crippen LogP contribution is -2.27. The normalized spacial score (nSPS) is 13.2. The Balaban J connectivity index is 2.39. The van der Waals surface area contributed by atoms with Gasteiger partial charge in [-0.2, -0.15) is 0 Å². The van der Waals surface area contributed by atoms with Crippen LogP contribution in [0.25, 0.3) is 10.3 Å². The summed E-state index contributed by atoms with van der Waals surface area (Å²) in [7, 11) is 0. The van der Waals surface area contributed by atoms with Crippen LogP contribution >= 0.6 is 11.3 Å². The number of anilines is 1. The molecule has 1 unspecified atom stereocenters. The van der Waals surface area contributed by atoms with Crippen molar-refractivity contribution in [2.75, 3.05) is 5.32 Å². The van der Waals surface area contributed by atoms with E-state index in [0.29, 0.717) is 16.8 Å². The number of thiazole rings is 1. The molecule has 0 aliphatic rings. The number of pyridine rings is 1. The van der Waals surface area contributed by atoms with Gasteiger partial charge in [-0.25, -0.2) is 14.8 Å². The minimum Gasteiger partial charge on any atom is -0.444 e. The van der Waals surface area contributed by atoms with Crippen LogP contribution < -0.4 is 5.32 Å². The summed E-state index contributed by atoms with van der Waals surface area (Å²) in [4.78, 5) is 21.3. The van der Waals surface area contributed by atoms with Crippen LogP contribution in [-0.4, -0.2) is 26.8 Å². The zero-order valence-corrected chi connectivity index (χ0v) is 13.5. The van der Waals surface area contributed by atoms with E-state index in [4.69, 9.17) is 4.74 Å². The van der Waals surface area contributed by atoms with Crippen molar-refractivity contribution in [3.05, 3.63) is 16.8 Å². The van der Waals surface area contributed by atoms with Crippen LogP contribution in [0.4, 0.5) is 10.5 Å². The number of carbonyl (C=O) groups is 1. The first kappa shape index (κ1) is 15.7. The van der Waals surface area contributed by atoms with Crippen molar-refractivity contribution in [3.8, 4) is 0 Å². The van der Waals surface area contributed by atoms with Crippen LogP contribution in [0.1, 0.15) is 44.4 Å². The molecule has 0 spiro atoms. The highest BCUT2D eigenvalue weighted by Gasteiger charge is 2.21. The number of aromatic nitrogens is 2. The lowest BCUT2D eigenvalue weighted by molar-refractivity contribution is 0.0635. The Labute approximate surface area is 127 Å². The van der Waals surface area contributed by atoms with E-state index in [1.54, 1.807) is 27.7 Å². The Hall–Kier alpha value is -1.73. The van der Waals surface area contributed by atoms with Gasteiger partial charge in [-0.3, -0.25) is 5.32 Å². The van der Waals surface area contributed by atoms with E-state index in [9.17, 15) is 9.90 Å². The molecule has 0 saturated heterocycles. The summed E-state index contributed by atoms with van der Waals surface area (Å²) in [5.74, 6) is 0. The molecule has 2 heterocycles. The maximum atomic E-state index is 11.9. The first-order chi connectivity index (χ1) is 9.67. The Bertz CT molecular complexity index is 674. The predicted molar refractivity (Wildman–Crippen MR) is 82.6 cm³/mol. The smallest absolute Gasteiger partial charge is 0.412 e. The molecule has 0 saturated carbocycles. The SMILES string of the molecule is Cc1nc2c(C(C)O)c(NC(=O)OC(C)(C)C)cnc2s1. The highest BCUT2D eigenvalue weighted by atomic mass is 32.1. The molecular formula is C14H19N3O3S. The van der Waals surface area contributed by atoms with Gasteiger partial charge in [-0.1, -0.05) is 11.3 Å². The lowest BCUT2D eigenvalue weighted by atomic mass is 10.1. The number of ether oxygens (including phenoxy) is 1. The first-order valence-corrected chi connectivity index (χ1v) is 7.43. The summed E-state index contributed by atoms with van der Waals surface area (Å²) < 4.78 is 5.22. The molecule has 114 valence electrons. The third-order valence-corrected chi connectivity index (χ3v) is 3.50. The van der Waals surface area contributed by atoms with Crippen LogP contribution in [0.15, 0.2) is 6.20 Å². The Morgan fingerprint density at radius 3 is 2.71 bits per heavy atom. The summed E-state index contributed by atoms with van der Waals surface area (Å²) in [5, 5.41) is 13.5. The van der Waals surface area contributed by atoms with Crippen molar-refractivity contribution in [1.29, 1.82) is 0 Å². The Morgan fingerprint density at radius 2 is 2.14 bits per heavy atom. The van der Waals surface area contributed by atoms with Crippen molar-refractivity contribution in [2.45, 2.75) is 46.3 Å². The van der Waals surface area contributed by atoms with Gasteiger partial charge in [-0.15, -0.1) is 0 Å². The quantitative estimate of drug-likeness (QED) is 0.888. The first-order valence-electron chi connectivity index (χ1n) is 6.61. The maximum Gasteiger partial charge on any atom is 0.412 e. The molecule has 2 aromatic heterocycles. The molecule has 0 fully saturated rings. The van der Waals surface area contributed by atoms with Gasteiger partial charge < -0.3 is 9.84 Å². The van der Waals surface area contributed by atoms with Crippen molar-refractivity contribution in [1.82, 2.24) is 9.97 Å². The van der Waals surface area contributed by atoms with E-state index in [1.807, 2.05) is 6.92 Å². The zero-order valence-electron chi connectivity index (χ0n) is 12.7. The molecule has 0 aliphatic heterocycles. The minimum atomic E-state index is -0.776. The number of fused-ring (bicyclic) bond motifs is 1.